The van der Waals surface area contributed by atoms with Gasteiger partial charge in [-0.3, -0.25) is 14.2 Å². The van der Waals surface area contributed by atoms with E-state index in [1.165, 1.54) is 36.6 Å². The Labute approximate surface area is 191 Å². The third-order valence-electron chi connectivity index (χ3n) is 6.98. The van der Waals surface area contributed by atoms with Crippen molar-refractivity contribution >= 4 is 28.7 Å². The molecule has 3 aromatic rings. The van der Waals surface area contributed by atoms with Gasteiger partial charge in [0.15, 0.2) is 10.8 Å². The van der Waals surface area contributed by atoms with E-state index in [9.17, 15) is 9.59 Å². The molecule has 1 aliphatic carbocycles. The van der Waals surface area contributed by atoms with E-state index >= 15 is 0 Å². The number of amides is 1. The fraction of sp³-hybridized carbons (Fsp3) is 0.500. The van der Waals surface area contributed by atoms with Crippen LogP contribution in [-0.2, 0) is 4.79 Å². The fourth-order valence-electron chi connectivity index (χ4n) is 4.84. The average molecular weight is 452 g/mol. The van der Waals surface area contributed by atoms with Crippen LogP contribution in [0.15, 0.2) is 34.3 Å². The lowest BCUT2D eigenvalue weighted by molar-refractivity contribution is -0.123. The second-order valence-electron chi connectivity index (χ2n) is 9.24. The number of benzene rings is 1. The summed E-state index contributed by atoms with van der Waals surface area (Å²) in [5, 5.41) is 8.83. The Hall–Kier alpha value is -2.61. The zero-order chi connectivity index (χ0) is 22.4. The van der Waals surface area contributed by atoms with Gasteiger partial charge in [0.05, 0.1) is 17.9 Å². The number of fused-ring (bicyclic) bond motifs is 2. The highest BCUT2D eigenvalue weighted by Crippen LogP contribution is 2.34. The summed E-state index contributed by atoms with van der Waals surface area (Å²) in [6.07, 6.45) is 6.52. The summed E-state index contributed by atoms with van der Waals surface area (Å²) >= 11 is 1.54. The summed E-state index contributed by atoms with van der Waals surface area (Å²) < 4.78 is 3.43. The zero-order valence-electron chi connectivity index (χ0n) is 18.8. The Morgan fingerprint density at radius 2 is 2.03 bits per heavy atom. The highest BCUT2D eigenvalue weighted by Gasteiger charge is 2.31. The van der Waals surface area contributed by atoms with Gasteiger partial charge in [-0.15, -0.1) is 0 Å². The molecule has 1 saturated carbocycles. The molecule has 1 amide bonds. The first kappa shape index (κ1) is 21.2. The molecule has 7 nitrogen and oxygen atoms in total. The van der Waals surface area contributed by atoms with Crippen LogP contribution in [0, 0.1) is 19.8 Å². The average Bonchev–Trinajstić information content (AvgIpc) is 3.37. The molecule has 3 unspecified atom stereocenters. The number of thioether (sulfide) groups is 1. The number of carbonyl (C=O) groups is 1. The maximum Gasteiger partial charge on any atom is 0.265 e. The number of carbonyl (C=O) groups excluding carboxylic acids is 1. The molecular weight excluding hydrogens is 422 g/mol. The minimum atomic E-state index is -0.178. The lowest BCUT2D eigenvalue weighted by Gasteiger charge is -2.29. The summed E-state index contributed by atoms with van der Waals surface area (Å²) in [6, 6.07) is 6.17. The lowest BCUT2D eigenvalue weighted by atomic mass is 9.86. The van der Waals surface area contributed by atoms with Crippen molar-refractivity contribution in [2.45, 2.75) is 70.1 Å². The van der Waals surface area contributed by atoms with Gasteiger partial charge in [0.1, 0.15) is 5.39 Å². The lowest BCUT2D eigenvalue weighted by Crippen LogP contribution is -2.42. The van der Waals surface area contributed by atoms with E-state index in [-0.39, 0.29) is 23.6 Å². The van der Waals surface area contributed by atoms with Crippen molar-refractivity contribution in [2.24, 2.45) is 5.92 Å². The molecule has 32 heavy (non-hydrogen) atoms. The van der Waals surface area contributed by atoms with Crippen molar-refractivity contribution in [1.29, 1.82) is 0 Å². The Kier molecular flexibility index (Phi) is 5.57. The summed E-state index contributed by atoms with van der Waals surface area (Å²) in [4.78, 5) is 30.9. The molecule has 3 heterocycles. The van der Waals surface area contributed by atoms with Gasteiger partial charge in [0.2, 0.25) is 5.91 Å². The van der Waals surface area contributed by atoms with Crippen molar-refractivity contribution in [3.8, 4) is 5.69 Å². The molecule has 8 heteroatoms. The highest BCUT2D eigenvalue weighted by molar-refractivity contribution is 7.99. The second-order valence-corrected chi connectivity index (χ2v) is 10.2. The Bertz CT molecular complexity index is 1250. The van der Waals surface area contributed by atoms with Gasteiger partial charge in [0.25, 0.3) is 5.56 Å². The van der Waals surface area contributed by atoms with Crippen molar-refractivity contribution in [1.82, 2.24) is 24.6 Å². The first-order chi connectivity index (χ1) is 15.4. The van der Waals surface area contributed by atoms with Crippen molar-refractivity contribution in [3.05, 3.63) is 45.9 Å². The van der Waals surface area contributed by atoms with Gasteiger partial charge in [-0.2, -0.15) is 5.10 Å². The molecule has 3 atom stereocenters. The molecule has 2 aromatic heterocycles. The Morgan fingerprint density at radius 3 is 2.81 bits per heavy atom. The van der Waals surface area contributed by atoms with Crippen LogP contribution in [0.25, 0.3) is 16.7 Å². The molecule has 0 bridgehead atoms. The third kappa shape index (κ3) is 3.74. The van der Waals surface area contributed by atoms with E-state index in [2.05, 4.69) is 43.3 Å². The van der Waals surface area contributed by atoms with Crippen LogP contribution in [-0.4, -0.2) is 37.0 Å². The maximum absolute atomic E-state index is 13.3. The van der Waals surface area contributed by atoms with Crippen molar-refractivity contribution in [3.63, 3.8) is 0 Å². The van der Waals surface area contributed by atoms with Gasteiger partial charge in [-0.05, 0) is 55.9 Å². The van der Waals surface area contributed by atoms with E-state index in [0.29, 0.717) is 34.3 Å². The van der Waals surface area contributed by atoms with E-state index in [4.69, 9.17) is 4.98 Å². The maximum atomic E-state index is 13.3. The molecule has 0 saturated heterocycles. The molecule has 1 aromatic carbocycles. The van der Waals surface area contributed by atoms with Crippen LogP contribution in [0.4, 0.5) is 0 Å². The number of rotatable bonds is 4. The largest absolute Gasteiger partial charge is 0.353 e. The zero-order valence-corrected chi connectivity index (χ0v) is 19.6. The van der Waals surface area contributed by atoms with Gasteiger partial charge < -0.3 is 5.32 Å². The number of hydrogen-bond donors (Lipinski definition) is 1. The number of nitrogens with zero attached hydrogens (tertiary/aromatic N) is 4. The van der Waals surface area contributed by atoms with E-state index in [0.717, 1.165) is 17.7 Å². The van der Waals surface area contributed by atoms with Gasteiger partial charge in [0, 0.05) is 18.2 Å². The second kappa shape index (κ2) is 8.39. The number of aromatic nitrogens is 4. The predicted molar refractivity (Wildman–Crippen MR) is 127 cm³/mol. The summed E-state index contributed by atoms with van der Waals surface area (Å²) in [6.45, 7) is 6.34. The molecule has 1 N–H and O–H groups in total. The Morgan fingerprint density at radius 1 is 1.22 bits per heavy atom. The van der Waals surface area contributed by atoms with E-state index in [1.807, 2.05) is 6.07 Å². The summed E-state index contributed by atoms with van der Waals surface area (Å²) in [7, 11) is 0. The molecular formula is C24H29N5O2S. The molecule has 0 spiro atoms. The number of nitrogens with one attached hydrogen (secondary N) is 1. The first-order valence-corrected chi connectivity index (χ1v) is 12.4. The van der Waals surface area contributed by atoms with Gasteiger partial charge >= 0.3 is 0 Å². The van der Waals surface area contributed by atoms with E-state index < -0.39 is 0 Å². The van der Waals surface area contributed by atoms with Crippen molar-refractivity contribution < 1.29 is 4.79 Å². The SMILES string of the molecule is Cc1ccc(-n2ncc3c(=O)n4c(nc32)SCC4CC(=O)NC2CCCCC2C)cc1C. The molecule has 168 valence electrons. The van der Waals surface area contributed by atoms with Crippen LogP contribution < -0.4 is 10.9 Å². The third-order valence-corrected chi connectivity index (χ3v) is 8.08. The standard InChI is InChI=1S/C24H29N5O2S/c1-14-8-9-17(10-16(14)3)29-22-19(12-25-29)23(31)28-18(13-32-24(28)27-22)11-21(30)26-20-7-5-4-6-15(20)2/h8-10,12,15,18,20H,4-7,11,13H2,1-3H3,(H,26,30). The minimum absolute atomic E-state index is 0.0278. The highest BCUT2D eigenvalue weighted by atomic mass is 32.2. The molecule has 0 radical (unpaired) electrons. The normalized spacial score (nSPS) is 22.8. The van der Waals surface area contributed by atoms with Gasteiger partial charge in [-0.1, -0.05) is 37.6 Å². The summed E-state index contributed by atoms with van der Waals surface area (Å²) in [5.74, 6) is 1.22. The number of hydrogen-bond acceptors (Lipinski definition) is 5. The van der Waals surface area contributed by atoms with Crippen LogP contribution in [0.5, 0.6) is 0 Å². The van der Waals surface area contributed by atoms with Crippen LogP contribution >= 0.6 is 11.8 Å². The monoisotopic (exact) mass is 451 g/mol. The smallest absolute Gasteiger partial charge is 0.265 e. The van der Waals surface area contributed by atoms with Crippen LogP contribution in [0.3, 0.4) is 0 Å². The predicted octanol–water partition coefficient (Wildman–Crippen LogP) is 3.93. The molecule has 1 aliphatic heterocycles. The van der Waals surface area contributed by atoms with E-state index in [1.54, 1.807) is 15.4 Å². The fourth-order valence-corrected chi connectivity index (χ4v) is 5.97. The molecule has 1 fully saturated rings. The molecule has 5 rings (SSSR count). The quantitative estimate of drug-likeness (QED) is 0.608. The summed E-state index contributed by atoms with van der Waals surface area (Å²) in [5.41, 5.74) is 3.71. The van der Waals surface area contributed by atoms with Crippen LogP contribution in [0.1, 0.15) is 56.2 Å². The van der Waals surface area contributed by atoms with Gasteiger partial charge in [-0.25, -0.2) is 9.67 Å². The topological polar surface area (TPSA) is 81.8 Å². The first-order valence-electron chi connectivity index (χ1n) is 11.4. The Balaban J connectivity index is 1.42. The molecule has 2 aliphatic rings. The van der Waals surface area contributed by atoms with Crippen molar-refractivity contribution in [2.75, 3.05) is 5.75 Å². The number of aryl methyl sites for hydroxylation is 2. The van der Waals surface area contributed by atoms with Crippen LogP contribution in [0.2, 0.25) is 0 Å². The minimum Gasteiger partial charge on any atom is -0.353 e.